The van der Waals surface area contributed by atoms with Gasteiger partial charge in [-0.1, -0.05) is 6.42 Å². The molecule has 0 aliphatic carbocycles. The maximum atomic E-state index is 13.3. The van der Waals surface area contributed by atoms with Gasteiger partial charge in [0, 0.05) is 58.3 Å². The molecule has 0 radical (unpaired) electrons. The van der Waals surface area contributed by atoms with Crippen molar-refractivity contribution >= 4 is 15.9 Å². The predicted molar refractivity (Wildman–Crippen MR) is 114 cm³/mol. The van der Waals surface area contributed by atoms with Crippen molar-refractivity contribution in [3.05, 3.63) is 30.1 Å². The van der Waals surface area contributed by atoms with Gasteiger partial charge in [0.15, 0.2) is 0 Å². The third kappa shape index (κ3) is 6.00. The molecule has 1 N–H and O–H groups in total. The van der Waals surface area contributed by atoms with Crippen molar-refractivity contribution in [1.29, 1.82) is 0 Å². The van der Waals surface area contributed by atoms with Crippen molar-refractivity contribution in [2.45, 2.75) is 43.5 Å². The van der Waals surface area contributed by atoms with Crippen LogP contribution in [0.4, 0.5) is 4.39 Å². The van der Waals surface area contributed by atoms with Gasteiger partial charge >= 0.3 is 0 Å². The summed E-state index contributed by atoms with van der Waals surface area (Å²) in [5.41, 5.74) is 0. The molecule has 0 spiro atoms. The molecule has 0 aromatic heterocycles. The first-order chi connectivity index (χ1) is 14.4. The Hall–Kier alpha value is -1.55. The summed E-state index contributed by atoms with van der Waals surface area (Å²) >= 11 is 0. The second-order valence-corrected chi connectivity index (χ2v) is 10.1. The highest BCUT2D eigenvalue weighted by Crippen LogP contribution is 2.19. The fourth-order valence-electron chi connectivity index (χ4n) is 4.13. The average molecular weight is 441 g/mol. The van der Waals surface area contributed by atoms with Gasteiger partial charge in [-0.05, 0) is 50.6 Å². The Morgan fingerprint density at radius 3 is 2.50 bits per heavy atom. The van der Waals surface area contributed by atoms with Crippen molar-refractivity contribution in [3.8, 4) is 0 Å². The lowest BCUT2D eigenvalue weighted by atomic mass is 10.0. The maximum Gasteiger partial charge on any atom is 0.243 e. The van der Waals surface area contributed by atoms with Crippen molar-refractivity contribution in [3.63, 3.8) is 0 Å². The molecule has 2 saturated heterocycles. The van der Waals surface area contributed by atoms with Gasteiger partial charge in [0.25, 0.3) is 0 Å². The predicted octanol–water partition coefficient (Wildman–Crippen LogP) is 1.51. The molecule has 1 amide bonds. The number of hydrogen-bond donors (Lipinski definition) is 1. The Balaban J connectivity index is 1.69. The first kappa shape index (κ1) is 23.1. The zero-order chi connectivity index (χ0) is 21.6. The van der Waals surface area contributed by atoms with Crippen molar-refractivity contribution < 1.29 is 17.6 Å². The molecule has 30 heavy (non-hydrogen) atoms. The number of hydrogen-bond acceptors (Lipinski definition) is 5. The lowest BCUT2D eigenvalue weighted by molar-refractivity contribution is -0.131. The van der Waals surface area contributed by atoms with E-state index in [1.54, 1.807) is 4.90 Å². The molecule has 2 aliphatic rings. The van der Waals surface area contributed by atoms with Gasteiger partial charge in [-0.2, -0.15) is 4.31 Å². The summed E-state index contributed by atoms with van der Waals surface area (Å²) in [5.74, 6) is -0.501. The van der Waals surface area contributed by atoms with Gasteiger partial charge in [-0.3, -0.25) is 9.69 Å². The zero-order valence-electron chi connectivity index (χ0n) is 17.7. The van der Waals surface area contributed by atoms with Crippen LogP contribution in [0.2, 0.25) is 0 Å². The van der Waals surface area contributed by atoms with E-state index in [2.05, 4.69) is 17.1 Å². The lowest BCUT2D eigenvalue weighted by Gasteiger charge is -2.35. The Labute approximate surface area is 179 Å². The van der Waals surface area contributed by atoms with E-state index < -0.39 is 15.8 Å². The van der Waals surface area contributed by atoms with Crippen LogP contribution in [0.3, 0.4) is 0 Å². The number of carbonyl (C=O) groups is 1. The van der Waals surface area contributed by atoms with E-state index in [0.29, 0.717) is 32.2 Å². The third-order valence-corrected chi connectivity index (χ3v) is 7.99. The summed E-state index contributed by atoms with van der Waals surface area (Å²) in [6.45, 7) is 7.03. The van der Waals surface area contributed by atoms with Crippen molar-refractivity contribution in [2.24, 2.45) is 0 Å². The first-order valence-corrected chi connectivity index (χ1v) is 12.3. The van der Waals surface area contributed by atoms with Crippen LogP contribution in [0, 0.1) is 5.82 Å². The monoisotopic (exact) mass is 440 g/mol. The lowest BCUT2D eigenvalue weighted by Crippen LogP contribution is -2.48. The molecule has 0 saturated carbocycles. The molecule has 168 valence electrons. The van der Waals surface area contributed by atoms with Gasteiger partial charge in [0.05, 0.1) is 4.90 Å². The normalized spacial score (nSPS) is 21.2. The first-order valence-electron chi connectivity index (χ1n) is 10.9. The number of rotatable bonds is 8. The summed E-state index contributed by atoms with van der Waals surface area (Å²) < 4.78 is 41.2. The minimum absolute atomic E-state index is 0.0258. The van der Waals surface area contributed by atoms with E-state index in [1.165, 1.54) is 22.9 Å². The molecular weight excluding hydrogens is 407 g/mol. The highest BCUT2D eigenvalue weighted by atomic mass is 32.2. The van der Waals surface area contributed by atoms with E-state index in [-0.39, 0.29) is 23.8 Å². The van der Waals surface area contributed by atoms with E-state index >= 15 is 0 Å². The number of sulfonamides is 1. The average Bonchev–Trinajstić information content (AvgIpc) is 2.75. The number of likely N-dealkylation sites (tertiary alicyclic amines) is 1. The van der Waals surface area contributed by atoms with Crippen LogP contribution in [0.1, 0.15) is 32.6 Å². The van der Waals surface area contributed by atoms with Crippen molar-refractivity contribution in [2.75, 3.05) is 52.4 Å². The Kier molecular flexibility index (Phi) is 8.21. The number of halogens is 1. The fourth-order valence-corrected chi connectivity index (χ4v) is 5.56. The third-order valence-electron chi connectivity index (χ3n) is 6.07. The maximum absolute atomic E-state index is 13.3. The van der Waals surface area contributed by atoms with Crippen LogP contribution in [-0.2, 0) is 14.8 Å². The van der Waals surface area contributed by atoms with Gasteiger partial charge in [-0.15, -0.1) is 0 Å². The SMILES string of the molecule is CC1CCCCN1CCN(CCC(=O)N1CCNCC1)S(=O)(=O)c1ccc(F)cc1. The summed E-state index contributed by atoms with van der Waals surface area (Å²) in [4.78, 5) is 16.7. The molecule has 2 aliphatic heterocycles. The second kappa shape index (κ2) is 10.7. The van der Waals surface area contributed by atoms with Gasteiger partial charge in [-0.25, -0.2) is 12.8 Å². The van der Waals surface area contributed by atoms with Crippen LogP contribution in [0.15, 0.2) is 29.2 Å². The number of benzene rings is 1. The number of piperazine rings is 1. The minimum Gasteiger partial charge on any atom is -0.340 e. The molecular formula is C21H33FN4O3S. The number of nitrogens with zero attached hydrogens (tertiary/aromatic N) is 3. The second-order valence-electron chi connectivity index (χ2n) is 8.12. The van der Waals surface area contributed by atoms with E-state index in [0.717, 1.165) is 44.6 Å². The van der Waals surface area contributed by atoms with Crippen LogP contribution >= 0.6 is 0 Å². The molecule has 7 nitrogen and oxygen atoms in total. The van der Waals surface area contributed by atoms with Crippen molar-refractivity contribution in [1.82, 2.24) is 19.4 Å². The summed E-state index contributed by atoms with van der Waals surface area (Å²) in [7, 11) is -3.81. The van der Waals surface area contributed by atoms with Crippen LogP contribution in [-0.4, -0.2) is 86.8 Å². The summed E-state index contributed by atoms with van der Waals surface area (Å²) in [5, 5.41) is 3.21. The standard InChI is InChI=1S/C21H33FN4O3S/c1-18-4-2-3-12-24(18)16-17-26(13-9-21(27)25-14-10-23-11-15-25)30(28,29)20-7-5-19(22)6-8-20/h5-8,18,23H,2-4,9-17H2,1H3. The fraction of sp³-hybridized carbons (Fsp3) is 0.667. The van der Waals surface area contributed by atoms with E-state index in [1.807, 2.05) is 0 Å². The highest BCUT2D eigenvalue weighted by Gasteiger charge is 2.28. The molecule has 3 rings (SSSR count). The molecule has 9 heteroatoms. The Bertz CT molecular complexity index is 797. The topological polar surface area (TPSA) is 73.0 Å². The van der Waals surface area contributed by atoms with Crippen LogP contribution in [0.25, 0.3) is 0 Å². The highest BCUT2D eigenvalue weighted by molar-refractivity contribution is 7.89. The minimum atomic E-state index is -3.81. The number of amides is 1. The molecule has 1 aromatic carbocycles. The van der Waals surface area contributed by atoms with E-state index in [4.69, 9.17) is 0 Å². The Morgan fingerprint density at radius 1 is 1.13 bits per heavy atom. The summed E-state index contributed by atoms with van der Waals surface area (Å²) in [6, 6.07) is 5.32. The number of piperidine rings is 1. The molecule has 0 bridgehead atoms. The number of nitrogens with one attached hydrogen (secondary N) is 1. The summed E-state index contributed by atoms with van der Waals surface area (Å²) in [6.07, 6.45) is 3.59. The van der Waals surface area contributed by atoms with Gasteiger partial charge in [0.2, 0.25) is 15.9 Å². The smallest absolute Gasteiger partial charge is 0.243 e. The van der Waals surface area contributed by atoms with Crippen LogP contribution in [0.5, 0.6) is 0 Å². The van der Waals surface area contributed by atoms with Gasteiger partial charge < -0.3 is 10.2 Å². The quantitative estimate of drug-likeness (QED) is 0.664. The Morgan fingerprint density at radius 2 is 1.83 bits per heavy atom. The molecule has 1 unspecified atom stereocenters. The molecule has 1 atom stereocenters. The zero-order valence-corrected chi connectivity index (χ0v) is 18.5. The van der Waals surface area contributed by atoms with E-state index in [9.17, 15) is 17.6 Å². The molecule has 1 aromatic rings. The number of carbonyl (C=O) groups excluding carboxylic acids is 1. The van der Waals surface area contributed by atoms with Gasteiger partial charge in [0.1, 0.15) is 5.82 Å². The largest absolute Gasteiger partial charge is 0.340 e. The molecule has 2 fully saturated rings. The molecule has 2 heterocycles. The van der Waals surface area contributed by atoms with Crippen LogP contribution < -0.4 is 5.32 Å².